The molecule has 0 N–H and O–H groups in total. The SMILES string of the molecule is CC1(c2ccccc2)c2cccc3c2B2c4c(cccc4N(c4ccc5c(c4)sc4ccccc45)c4cccc1c42)N3c1ccc2c(c1)sc1ccccc12. The molecule has 0 saturated heterocycles. The minimum Gasteiger partial charge on any atom is -0.311 e. The maximum Gasteiger partial charge on any atom is 0.252 e. The highest BCUT2D eigenvalue weighted by molar-refractivity contribution is 7.26. The van der Waals surface area contributed by atoms with Crippen LogP contribution < -0.4 is 26.2 Å². The summed E-state index contributed by atoms with van der Waals surface area (Å²) in [6.07, 6.45) is 0. The minimum absolute atomic E-state index is 0.106. The fourth-order valence-corrected chi connectivity index (χ4v) is 12.7. The number of hydrogen-bond acceptors (Lipinski definition) is 4. The largest absolute Gasteiger partial charge is 0.311 e. The van der Waals surface area contributed by atoms with Gasteiger partial charge in [-0.05, 0) is 101 Å². The lowest BCUT2D eigenvalue weighted by atomic mass is 9.28. The zero-order valence-corrected chi connectivity index (χ0v) is 31.6. The van der Waals surface area contributed by atoms with Crippen LogP contribution >= 0.6 is 22.7 Å². The number of anilines is 6. The molecule has 0 atom stereocenters. The Morgan fingerprint density at radius 1 is 0.400 bits per heavy atom. The van der Waals surface area contributed by atoms with Crippen molar-refractivity contribution in [2.75, 3.05) is 9.80 Å². The second kappa shape index (κ2) is 10.8. The molecular weight excluding hydrogens is 704 g/mol. The zero-order chi connectivity index (χ0) is 36.0. The first-order valence-corrected chi connectivity index (χ1v) is 20.7. The van der Waals surface area contributed by atoms with Crippen LogP contribution in [-0.4, -0.2) is 6.71 Å². The lowest BCUT2D eigenvalue weighted by molar-refractivity contribution is 0.697. The summed E-state index contributed by atoms with van der Waals surface area (Å²) in [6, 6.07) is 64.1. The normalized spacial score (nSPS) is 14.7. The predicted molar refractivity (Wildman–Crippen MR) is 238 cm³/mol. The summed E-state index contributed by atoms with van der Waals surface area (Å²) in [6.45, 7) is 2.56. The molecule has 10 aromatic rings. The Balaban J connectivity index is 1.13. The van der Waals surface area contributed by atoms with Gasteiger partial charge >= 0.3 is 0 Å². The lowest BCUT2D eigenvalue weighted by Crippen LogP contribution is -2.67. The van der Waals surface area contributed by atoms with Crippen LogP contribution in [0.1, 0.15) is 23.6 Å². The molecule has 2 aromatic heterocycles. The maximum atomic E-state index is 2.57. The van der Waals surface area contributed by atoms with E-state index in [0.717, 1.165) is 0 Å². The van der Waals surface area contributed by atoms with Crippen molar-refractivity contribution >= 4 is 120 Å². The maximum absolute atomic E-state index is 2.57. The van der Waals surface area contributed by atoms with Gasteiger partial charge in [0, 0.05) is 79.9 Å². The minimum atomic E-state index is -0.361. The van der Waals surface area contributed by atoms with Crippen molar-refractivity contribution in [3.8, 4) is 0 Å². The summed E-state index contributed by atoms with van der Waals surface area (Å²) in [5.41, 5.74) is 15.4. The molecule has 5 heteroatoms. The number of thiophene rings is 2. The third kappa shape index (κ3) is 3.84. The molecule has 0 amide bonds. The smallest absolute Gasteiger partial charge is 0.252 e. The Hall–Kier alpha value is -6.14. The standard InChI is InChI=1S/C50H31BN2S2/c1-50(30-12-3-2-4-13-30)37-16-9-18-39-47(37)51-48-38(50)17-10-19-40(48)53(32-25-27-36-34-15-6-8-23-44(34)55-46(36)29-32)42-21-11-20-41(49(42)51)52(39)31-24-26-35-33-14-5-7-22-43(33)54-45(35)28-31/h2-29H,1H3. The molecule has 0 aliphatic carbocycles. The predicted octanol–water partition coefficient (Wildman–Crippen LogP) is 12.2. The van der Waals surface area contributed by atoms with Crippen molar-refractivity contribution in [3.63, 3.8) is 0 Å². The molecular formula is C50H31BN2S2. The fraction of sp³-hybridized carbons (Fsp3) is 0.0400. The van der Waals surface area contributed by atoms with E-state index >= 15 is 0 Å². The van der Waals surface area contributed by atoms with Crippen LogP contribution in [0.25, 0.3) is 40.3 Å². The van der Waals surface area contributed by atoms with Crippen LogP contribution in [0.5, 0.6) is 0 Å². The molecule has 0 radical (unpaired) electrons. The molecule has 55 heavy (non-hydrogen) atoms. The van der Waals surface area contributed by atoms with Crippen molar-refractivity contribution in [2.45, 2.75) is 12.3 Å². The highest BCUT2D eigenvalue weighted by Gasteiger charge is 2.52. The molecule has 256 valence electrons. The van der Waals surface area contributed by atoms with Gasteiger partial charge in [-0.1, -0.05) is 109 Å². The Morgan fingerprint density at radius 2 is 0.836 bits per heavy atom. The van der Waals surface area contributed by atoms with Gasteiger partial charge in [0.05, 0.1) is 0 Å². The van der Waals surface area contributed by atoms with Crippen LogP contribution in [-0.2, 0) is 5.41 Å². The second-order valence-electron chi connectivity index (χ2n) is 15.3. The molecule has 5 heterocycles. The summed E-state index contributed by atoms with van der Waals surface area (Å²) in [4.78, 5) is 5.13. The number of rotatable bonds is 3. The highest BCUT2D eigenvalue weighted by Crippen LogP contribution is 2.51. The average Bonchev–Trinajstić information content (AvgIpc) is 3.80. The zero-order valence-electron chi connectivity index (χ0n) is 30.0. The van der Waals surface area contributed by atoms with E-state index in [1.165, 1.54) is 108 Å². The first-order chi connectivity index (χ1) is 27.2. The number of fused-ring (bicyclic) bond motifs is 6. The first kappa shape index (κ1) is 30.2. The average molecular weight is 735 g/mol. The monoisotopic (exact) mass is 734 g/mol. The van der Waals surface area contributed by atoms with Gasteiger partial charge in [-0.2, -0.15) is 0 Å². The van der Waals surface area contributed by atoms with E-state index in [1.807, 2.05) is 22.7 Å². The quantitative estimate of drug-likeness (QED) is 0.167. The fourth-order valence-electron chi connectivity index (χ4n) is 10.4. The molecule has 0 unspecified atom stereocenters. The number of nitrogens with zero attached hydrogens (tertiary/aromatic N) is 2. The van der Waals surface area contributed by atoms with E-state index in [-0.39, 0.29) is 12.1 Å². The number of hydrogen-bond donors (Lipinski definition) is 0. The van der Waals surface area contributed by atoms with Crippen LogP contribution in [0.15, 0.2) is 170 Å². The van der Waals surface area contributed by atoms with Gasteiger partial charge in [-0.25, -0.2) is 0 Å². The Labute approximate surface area is 327 Å². The van der Waals surface area contributed by atoms with Crippen molar-refractivity contribution in [2.24, 2.45) is 0 Å². The van der Waals surface area contributed by atoms with E-state index in [1.54, 1.807) is 0 Å². The van der Waals surface area contributed by atoms with E-state index in [9.17, 15) is 0 Å². The summed E-state index contributed by atoms with van der Waals surface area (Å²) in [7, 11) is 0. The van der Waals surface area contributed by atoms with Gasteiger partial charge in [0.15, 0.2) is 0 Å². The van der Waals surface area contributed by atoms with Gasteiger partial charge in [0.2, 0.25) is 0 Å². The van der Waals surface area contributed by atoms with Gasteiger partial charge in [-0.3, -0.25) is 0 Å². The van der Waals surface area contributed by atoms with Crippen molar-refractivity contribution in [1.82, 2.24) is 0 Å². The molecule has 0 spiro atoms. The molecule has 3 aliphatic heterocycles. The van der Waals surface area contributed by atoms with Crippen LogP contribution in [0, 0.1) is 0 Å². The van der Waals surface area contributed by atoms with Crippen LogP contribution in [0.2, 0.25) is 0 Å². The summed E-state index contributed by atoms with van der Waals surface area (Å²) in [5.74, 6) is 0. The number of benzene rings is 8. The van der Waals surface area contributed by atoms with Gasteiger partial charge in [-0.15, -0.1) is 22.7 Å². The summed E-state index contributed by atoms with van der Waals surface area (Å²) < 4.78 is 5.29. The molecule has 2 nitrogen and oxygen atoms in total. The molecule has 8 aromatic carbocycles. The Kier molecular flexibility index (Phi) is 5.91. The summed E-state index contributed by atoms with van der Waals surface area (Å²) >= 11 is 3.78. The third-order valence-corrected chi connectivity index (χ3v) is 15.0. The van der Waals surface area contributed by atoms with Crippen molar-refractivity contribution < 1.29 is 0 Å². The van der Waals surface area contributed by atoms with Crippen molar-refractivity contribution in [1.29, 1.82) is 0 Å². The van der Waals surface area contributed by atoms with E-state index in [2.05, 4.69) is 187 Å². The highest BCUT2D eigenvalue weighted by atomic mass is 32.1. The molecule has 13 rings (SSSR count). The van der Waals surface area contributed by atoms with E-state index in [0.29, 0.717) is 0 Å². The lowest BCUT2D eigenvalue weighted by Gasteiger charge is -2.51. The first-order valence-electron chi connectivity index (χ1n) is 19.0. The molecule has 3 aliphatic rings. The van der Waals surface area contributed by atoms with Gasteiger partial charge in [0.25, 0.3) is 6.71 Å². The molecule has 0 fully saturated rings. The molecule has 0 saturated carbocycles. The van der Waals surface area contributed by atoms with E-state index in [4.69, 9.17) is 0 Å². The van der Waals surface area contributed by atoms with Crippen LogP contribution in [0.3, 0.4) is 0 Å². The van der Waals surface area contributed by atoms with Crippen molar-refractivity contribution in [3.05, 3.63) is 187 Å². The van der Waals surface area contributed by atoms with E-state index < -0.39 is 0 Å². The summed E-state index contributed by atoms with van der Waals surface area (Å²) in [5, 5.41) is 5.30. The Morgan fingerprint density at radius 3 is 1.36 bits per heavy atom. The van der Waals surface area contributed by atoms with Gasteiger partial charge in [0.1, 0.15) is 0 Å². The van der Waals surface area contributed by atoms with Gasteiger partial charge < -0.3 is 9.80 Å². The molecule has 0 bridgehead atoms. The second-order valence-corrected chi connectivity index (χ2v) is 17.5. The van der Waals surface area contributed by atoms with Crippen LogP contribution in [0.4, 0.5) is 34.1 Å². The topological polar surface area (TPSA) is 6.48 Å². The Bertz CT molecular complexity index is 3080. The third-order valence-electron chi connectivity index (χ3n) is 12.7.